The summed E-state index contributed by atoms with van der Waals surface area (Å²) in [6.45, 7) is 5.81. The van der Waals surface area contributed by atoms with Gasteiger partial charge < -0.3 is 4.74 Å². The minimum Gasteiger partial charge on any atom is -0.450 e. The van der Waals surface area contributed by atoms with E-state index >= 15 is 0 Å². The molecule has 0 atom stereocenters. The number of hydrogen-bond acceptors (Lipinski definition) is 6. The van der Waals surface area contributed by atoms with E-state index in [9.17, 15) is 9.59 Å². The van der Waals surface area contributed by atoms with E-state index in [1.165, 1.54) is 11.3 Å². The summed E-state index contributed by atoms with van der Waals surface area (Å²) in [5.74, 6) is 0.481. The zero-order valence-corrected chi connectivity index (χ0v) is 17.6. The van der Waals surface area contributed by atoms with Crippen LogP contribution in [0.1, 0.15) is 18.2 Å². The van der Waals surface area contributed by atoms with Crippen molar-refractivity contribution in [1.29, 1.82) is 0 Å². The SMILES string of the molecule is CCOC(=O)Nc1nc(C)c(-c2nc3ccccc3c(=O)n2-c2ccc(C)cc2)s1. The number of fused-ring (bicyclic) bond motifs is 1. The Kier molecular flexibility index (Phi) is 5.33. The van der Waals surface area contributed by atoms with Gasteiger partial charge in [-0.3, -0.25) is 14.7 Å². The van der Waals surface area contributed by atoms with E-state index < -0.39 is 6.09 Å². The van der Waals surface area contributed by atoms with E-state index in [4.69, 9.17) is 9.72 Å². The molecule has 0 aliphatic carbocycles. The van der Waals surface area contributed by atoms with Gasteiger partial charge in [0.1, 0.15) is 0 Å². The van der Waals surface area contributed by atoms with Crippen LogP contribution in [0.25, 0.3) is 27.3 Å². The minimum atomic E-state index is -0.569. The second-order valence-corrected chi connectivity index (χ2v) is 7.71. The van der Waals surface area contributed by atoms with Crippen LogP contribution in [0.2, 0.25) is 0 Å². The number of thiazole rings is 1. The van der Waals surface area contributed by atoms with Gasteiger partial charge in [-0.2, -0.15) is 0 Å². The number of anilines is 1. The van der Waals surface area contributed by atoms with E-state index in [0.29, 0.717) is 38.1 Å². The Morgan fingerprint density at radius 3 is 2.57 bits per heavy atom. The number of amides is 1. The Morgan fingerprint density at radius 2 is 1.83 bits per heavy atom. The second-order valence-electron chi connectivity index (χ2n) is 6.71. The molecule has 1 amide bonds. The molecule has 2 aromatic heterocycles. The van der Waals surface area contributed by atoms with Crippen molar-refractivity contribution in [1.82, 2.24) is 14.5 Å². The van der Waals surface area contributed by atoms with Gasteiger partial charge in [-0.15, -0.1) is 0 Å². The highest BCUT2D eigenvalue weighted by molar-refractivity contribution is 7.19. The van der Waals surface area contributed by atoms with Crippen LogP contribution in [0.3, 0.4) is 0 Å². The lowest BCUT2D eigenvalue weighted by Gasteiger charge is -2.13. The molecule has 0 saturated heterocycles. The zero-order valence-electron chi connectivity index (χ0n) is 16.8. The quantitative estimate of drug-likeness (QED) is 0.517. The fourth-order valence-electron chi connectivity index (χ4n) is 3.13. The number of para-hydroxylation sites is 1. The van der Waals surface area contributed by atoms with Crippen molar-refractivity contribution < 1.29 is 9.53 Å². The van der Waals surface area contributed by atoms with Gasteiger partial charge in [-0.1, -0.05) is 41.2 Å². The van der Waals surface area contributed by atoms with Crippen molar-refractivity contribution in [2.75, 3.05) is 11.9 Å². The Bertz CT molecular complexity index is 1290. The van der Waals surface area contributed by atoms with E-state index in [1.807, 2.05) is 56.3 Å². The summed E-state index contributed by atoms with van der Waals surface area (Å²) in [5.41, 5.74) is 2.92. The number of aromatic nitrogens is 3. The van der Waals surface area contributed by atoms with Crippen LogP contribution in [-0.4, -0.2) is 27.2 Å². The fourth-order valence-corrected chi connectivity index (χ4v) is 4.06. The largest absolute Gasteiger partial charge is 0.450 e. The monoisotopic (exact) mass is 420 g/mol. The molecule has 8 heteroatoms. The van der Waals surface area contributed by atoms with Gasteiger partial charge in [0.05, 0.1) is 33.8 Å². The topological polar surface area (TPSA) is 86.1 Å². The molecule has 0 saturated carbocycles. The Balaban J connectivity index is 1.93. The second kappa shape index (κ2) is 8.08. The minimum absolute atomic E-state index is 0.160. The van der Waals surface area contributed by atoms with E-state index in [2.05, 4.69) is 10.3 Å². The first-order chi connectivity index (χ1) is 14.5. The fraction of sp³-hybridized carbons (Fsp3) is 0.182. The maximum absolute atomic E-state index is 13.4. The maximum Gasteiger partial charge on any atom is 0.413 e. The first kappa shape index (κ1) is 19.8. The van der Waals surface area contributed by atoms with Crippen LogP contribution in [0, 0.1) is 13.8 Å². The maximum atomic E-state index is 13.4. The van der Waals surface area contributed by atoms with Gasteiger partial charge in [0, 0.05) is 0 Å². The molecule has 7 nitrogen and oxygen atoms in total. The van der Waals surface area contributed by atoms with Gasteiger partial charge in [0.15, 0.2) is 11.0 Å². The summed E-state index contributed by atoms with van der Waals surface area (Å²) in [4.78, 5) is 35.1. The number of carbonyl (C=O) groups is 1. The number of carbonyl (C=O) groups excluding carboxylic acids is 1. The normalized spacial score (nSPS) is 10.9. The summed E-state index contributed by atoms with van der Waals surface area (Å²) in [7, 11) is 0. The number of aryl methyl sites for hydroxylation is 2. The molecule has 0 spiro atoms. The summed E-state index contributed by atoms with van der Waals surface area (Å²) in [6.07, 6.45) is -0.569. The standard InChI is InChI=1S/C22H20N4O3S/c1-4-29-22(28)25-21-23-14(3)18(30-21)19-24-17-8-6-5-7-16(17)20(27)26(19)15-11-9-13(2)10-12-15/h5-12H,4H2,1-3H3,(H,23,25,28). The van der Waals surface area contributed by atoms with Crippen molar-refractivity contribution in [2.24, 2.45) is 0 Å². The van der Waals surface area contributed by atoms with Gasteiger partial charge in [0.25, 0.3) is 5.56 Å². The highest BCUT2D eigenvalue weighted by atomic mass is 32.1. The van der Waals surface area contributed by atoms with Crippen molar-refractivity contribution in [3.05, 3.63) is 70.1 Å². The lowest BCUT2D eigenvalue weighted by molar-refractivity contribution is 0.168. The molecule has 2 heterocycles. The molecule has 0 aliphatic rings. The number of benzene rings is 2. The van der Waals surface area contributed by atoms with Crippen LogP contribution in [0.4, 0.5) is 9.93 Å². The molecule has 30 heavy (non-hydrogen) atoms. The summed E-state index contributed by atoms with van der Waals surface area (Å²) in [6, 6.07) is 14.9. The molecule has 1 N–H and O–H groups in total. The van der Waals surface area contributed by atoms with Gasteiger partial charge in [-0.25, -0.2) is 14.8 Å². The lowest BCUT2D eigenvalue weighted by atomic mass is 10.2. The number of nitrogens with one attached hydrogen (secondary N) is 1. The number of hydrogen-bond donors (Lipinski definition) is 1. The van der Waals surface area contributed by atoms with Crippen LogP contribution in [-0.2, 0) is 4.74 Å². The van der Waals surface area contributed by atoms with Crippen LogP contribution in [0.5, 0.6) is 0 Å². The predicted octanol–water partition coefficient (Wildman–Crippen LogP) is 4.69. The van der Waals surface area contributed by atoms with E-state index in [1.54, 1.807) is 17.6 Å². The van der Waals surface area contributed by atoms with Gasteiger partial charge in [-0.05, 0) is 45.0 Å². The predicted molar refractivity (Wildman–Crippen MR) is 119 cm³/mol. The van der Waals surface area contributed by atoms with E-state index in [0.717, 1.165) is 5.56 Å². The van der Waals surface area contributed by atoms with Crippen molar-refractivity contribution in [3.63, 3.8) is 0 Å². The van der Waals surface area contributed by atoms with Crippen molar-refractivity contribution in [3.8, 4) is 16.4 Å². The van der Waals surface area contributed by atoms with Crippen molar-refractivity contribution >= 4 is 33.5 Å². The molecule has 0 fully saturated rings. The molecule has 2 aromatic carbocycles. The van der Waals surface area contributed by atoms with Crippen molar-refractivity contribution in [2.45, 2.75) is 20.8 Å². The summed E-state index contributed by atoms with van der Waals surface area (Å²) in [5, 5.41) is 3.55. The van der Waals surface area contributed by atoms with Crippen LogP contribution < -0.4 is 10.9 Å². The lowest BCUT2D eigenvalue weighted by Crippen LogP contribution is -2.21. The Morgan fingerprint density at radius 1 is 1.10 bits per heavy atom. The third-order valence-corrected chi connectivity index (χ3v) is 5.62. The highest BCUT2D eigenvalue weighted by Gasteiger charge is 2.20. The van der Waals surface area contributed by atoms with E-state index in [-0.39, 0.29) is 12.2 Å². The van der Waals surface area contributed by atoms with Gasteiger partial charge in [0.2, 0.25) is 0 Å². The first-order valence-electron chi connectivity index (χ1n) is 9.48. The molecule has 4 aromatic rings. The molecular weight excluding hydrogens is 400 g/mol. The highest BCUT2D eigenvalue weighted by Crippen LogP contribution is 2.33. The van der Waals surface area contributed by atoms with Crippen LogP contribution >= 0.6 is 11.3 Å². The molecule has 0 unspecified atom stereocenters. The molecule has 4 rings (SSSR count). The molecule has 152 valence electrons. The third-order valence-electron chi connectivity index (χ3n) is 4.55. The zero-order chi connectivity index (χ0) is 21.3. The smallest absolute Gasteiger partial charge is 0.413 e. The molecule has 0 aliphatic heterocycles. The summed E-state index contributed by atoms with van der Waals surface area (Å²) >= 11 is 1.25. The number of nitrogens with zero attached hydrogens (tertiary/aromatic N) is 3. The average Bonchev–Trinajstić information content (AvgIpc) is 3.09. The molecule has 0 radical (unpaired) electrons. The Labute approximate surface area is 177 Å². The number of rotatable bonds is 4. The molecular formula is C22H20N4O3S. The number of ether oxygens (including phenoxy) is 1. The van der Waals surface area contributed by atoms with Gasteiger partial charge >= 0.3 is 6.09 Å². The average molecular weight is 420 g/mol. The third kappa shape index (κ3) is 3.69. The van der Waals surface area contributed by atoms with Crippen LogP contribution in [0.15, 0.2) is 53.3 Å². The summed E-state index contributed by atoms with van der Waals surface area (Å²) < 4.78 is 6.52. The first-order valence-corrected chi connectivity index (χ1v) is 10.3. The molecule has 0 bridgehead atoms. The Hall–Kier alpha value is -3.52.